The number of imidazole rings is 1. The van der Waals surface area contributed by atoms with Crippen LogP contribution < -0.4 is 17.2 Å². The molecular formula is C24H28N8O6. The zero-order valence-corrected chi connectivity index (χ0v) is 20.2. The minimum absolute atomic E-state index is 0.125. The number of nitrogens with two attached hydrogens (primary N) is 3. The number of carboxylic acids is 1. The van der Waals surface area contributed by atoms with Crippen molar-refractivity contribution in [2.75, 3.05) is 25.4 Å². The predicted octanol–water partition coefficient (Wildman–Crippen LogP) is -1.72. The quantitative estimate of drug-likeness (QED) is 0.172. The molecule has 1 aliphatic rings. The summed E-state index contributed by atoms with van der Waals surface area (Å²) in [7, 11) is 0. The highest BCUT2D eigenvalue weighted by Crippen LogP contribution is 2.32. The number of aliphatic carboxylic acids is 1. The fraction of sp³-hybridized carbons (Fsp3) is 0.375. The Morgan fingerprint density at radius 3 is 2.58 bits per heavy atom. The number of amides is 1. The van der Waals surface area contributed by atoms with Crippen molar-refractivity contribution in [3.63, 3.8) is 0 Å². The van der Waals surface area contributed by atoms with Crippen LogP contribution in [0.5, 0.6) is 0 Å². The molecule has 1 saturated heterocycles. The molecule has 4 rings (SSSR count). The van der Waals surface area contributed by atoms with E-state index < -0.39 is 42.5 Å². The number of benzene rings is 1. The van der Waals surface area contributed by atoms with Gasteiger partial charge in [-0.1, -0.05) is 11.8 Å². The van der Waals surface area contributed by atoms with Gasteiger partial charge in [-0.2, -0.15) is 0 Å². The van der Waals surface area contributed by atoms with Crippen LogP contribution in [0.25, 0.3) is 11.2 Å². The highest BCUT2D eigenvalue weighted by Gasteiger charge is 2.44. The third-order valence-electron chi connectivity index (χ3n) is 6.21. The molecule has 200 valence electrons. The third-order valence-corrected chi connectivity index (χ3v) is 6.21. The first-order valence-electron chi connectivity index (χ1n) is 11.7. The molecular weight excluding hydrogens is 496 g/mol. The highest BCUT2D eigenvalue weighted by molar-refractivity contribution is 5.92. The average Bonchev–Trinajstić information content (AvgIpc) is 3.44. The first kappa shape index (κ1) is 26.9. The van der Waals surface area contributed by atoms with E-state index in [9.17, 15) is 19.8 Å². The van der Waals surface area contributed by atoms with E-state index in [1.807, 2.05) is 0 Å². The number of aliphatic hydroxyl groups is 2. The Morgan fingerprint density at radius 1 is 1.16 bits per heavy atom. The summed E-state index contributed by atoms with van der Waals surface area (Å²) in [6.45, 7) is 0.559. The van der Waals surface area contributed by atoms with Gasteiger partial charge in [0.2, 0.25) is 5.91 Å². The molecule has 3 aromatic rings. The number of rotatable bonds is 9. The monoisotopic (exact) mass is 524 g/mol. The van der Waals surface area contributed by atoms with E-state index in [1.165, 1.54) is 17.2 Å². The molecule has 1 aliphatic heterocycles. The van der Waals surface area contributed by atoms with E-state index in [-0.39, 0.29) is 31.9 Å². The molecule has 1 fully saturated rings. The van der Waals surface area contributed by atoms with Gasteiger partial charge in [-0.25, -0.2) is 15.0 Å². The number of carbonyl (C=O) groups excluding carboxylic acids is 1. The van der Waals surface area contributed by atoms with Gasteiger partial charge in [0.05, 0.1) is 12.9 Å². The summed E-state index contributed by atoms with van der Waals surface area (Å²) < 4.78 is 7.48. The smallest absolute Gasteiger partial charge is 0.320 e. The minimum Gasteiger partial charge on any atom is -0.480 e. The summed E-state index contributed by atoms with van der Waals surface area (Å²) in [5.74, 6) is 4.46. The third kappa shape index (κ3) is 5.88. The lowest BCUT2D eigenvalue weighted by molar-refractivity contribution is -0.138. The number of aromatic nitrogens is 4. The Labute approximate surface area is 217 Å². The van der Waals surface area contributed by atoms with Crippen molar-refractivity contribution in [1.82, 2.24) is 24.4 Å². The second-order valence-electron chi connectivity index (χ2n) is 8.84. The molecule has 0 bridgehead atoms. The fourth-order valence-corrected chi connectivity index (χ4v) is 4.07. The molecule has 0 unspecified atom stereocenters. The van der Waals surface area contributed by atoms with Crippen LogP contribution in [-0.2, 0) is 9.53 Å². The lowest BCUT2D eigenvalue weighted by Crippen LogP contribution is -2.42. The first-order valence-corrected chi connectivity index (χ1v) is 11.7. The fourth-order valence-electron chi connectivity index (χ4n) is 4.07. The Morgan fingerprint density at radius 2 is 1.89 bits per heavy atom. The van der Waals surface area contributed by atoms with Crippen LogP contribution in [0.2, 0.25) is 0 Å². The van der Waals surface area contributed by atoms with Gasteiger partial charge in [0.1, 0.15) is 36.2 Å². The molecule has 0 spiro atoms. The normalized spacial score (nSPS) is 21.8. The van der Waals surface area contributed by atoms with Crippen molar-refractivity contribution < 1.29 is 29.6 Å². The number of ether oxygens (including phenoxy) is 1. The van der Waals surface area contributed by atoms with Crippen LogP contribution in [0.3, 0.4) is 0 Å². The van der Waals surface area contributed by atoms with Crippen LogP contribution >= 0.6 is 0 Å². The summed E-state index contributed by atoms with van der Waals surface area (Å²) in [6.07, 6.45) is -1.61. The molecule has 1 aromatic carbocycles. The number of aliphatic hydroxyl groups excluding tert-OH is 2. The molecule has 0 radical (unpaired) electrons. The molecule has 0 saturated carbocycles. The largest absolute Gasteiger partial charge is 0.480 e. The summed E-state index contributed by atoms with van der Waals surface area (Å²) in [5.41, 5.74) is 18.5. The Balaban J connectivity index is 1.49. The number of carbonyl (C=O) groups is 2. The van der Waals surface area contributed by atoms with Gasteiger partial charge < -0.3 is 37.3 Å². The maximum absolute atomic E-state index is 11.2. The Kier molecular flexibility index (Phi) is 8.15. The van der Waals surface area contributed by atoms with Gasteiger partial charge in [-0.05, 0) is 30.7 Å². The number of hydrogen-bond donors (Lipinski definition) is 6. The van der Waals surface area contributed by atoms with Gasteiger partial charge in [0.25, 0.3) is 0 Å². The SMILES string of the molecule is NC(=O)c1ccc(C#CCN(CC[C@H](N)C(=O)O)C[C@H]2O[C@@H](n3cnc4c(N)ncnc43)[C@H](O)[C@@H]2O)cc1. The van der Waals surface area contributed by atoms with E-state index in [4.69, 9.17) is 27.0 Å². The van der Waals surface area contributed by atoms with Crippen LogP contribution in [0.1, 0.15) is 28.6 Å². The van der Waals surface area contributed by atoms with E-state index in [0.29, 0.717) is 22.3 Å². The number of fused-ring (bicyclic) bond motifs is 1. The van der Waals surface area contributed by atoms with Gasteiger partial charge in [-0.15, -0.1) is 0 Å². The number of nitrogen functional groups attached to an aromatic ring is 1. The molecule has 38 heavy (non-hydrogen) atoms. The van der Waals surface area contributed by atoms with Gasteiger partial charge >= 0.3 is 5.97 Å². The van der Waals surface area contributed by atoms with Crippen LogP contribution in [0.15, 0.2) is 36.9 Å². The van der Waals surface area contributed by atoms with Gasteiger partial charge in [-0.3, -0.25) is 19.1 Å². The second-order valence-corrected chi connectivity index (χ2v) is 8.84. The molecule has 0 aliphatic carbocycles. The zero-order valence-electron chi connectivity index (χ0n) is 20.2. The van der Waals surface area contributed by atoms with Crippen LogP contribution in [0.4, 0.5) is 5.82 Å². The van der Waals surface area contributed by atoms with E-state index in [0.717, 1.165) is 0 Å². The molecule has 3 heterocycles. The summed E-state index contributed by atoms with van der Waals surface area (Å²) in [5, 5.41) is 30.7. The lowest BCUT2D eigenvalue weighted by Gasteiger charge is -2.25. The molecule has 14 nitrogen and oxygen atoms in total. The second kappa shape index (κ2) is 11.5. The molecule has 14 heteroatoms. The lowest BCUT2D eigenvalue weighted by atomic mass is 10.1. The topological polar surface area (TPSA) is 229 Å². The standard InChI is InChI=1S/C24H28N8O6/c25-15(24(36)37)7-9-31(8-1-2-13-3-5-14(6-4-13)21(27)35)10-16-18(33)19(34)23(38-16)32-12-30-17-20(26)28-11-29-22(17)32/h3-6,11-12,15-16,18-19,23,33-34H,7-10,25H2,(H2,27,35)(H,36,37)(H2,26,28,29)/t15-,16+,18+,19+,23+/m0/s1. The van der Waals surface area contributed by atoms with Gasteiger partial charge in [0.15, 0.2) is 17.7 Å². The van der Waals surface area contributed by atoms with Crippen molar-refractivity contribution in [3.8, 4) is 11.8 Å². The maximum Gasteiger partial charge on any atom is 0.320 e. The summed E-state index contributed by atoms with van der Waals surface area (Å²) in [6, 6.07) is 5.38. The van der Waals surface area contributed by atoms with E-state index in [1.54, 1.807) is 29.2 Å². The van der Waals surface area contributed by atoms with Crippen LogP contribution in [0, 0.1) is 11.8 Å². The van der Waals surface area contributed by atoms with Crippen LogP contribution in [-0.4, -0.2) is 95.6 Å². The summed E-state index contributed by atoms with van der Waals surface area (Å²) in [4.78, 5) is 36.4. The molecule has 2 aromatic heterocycles. The summed E-state index contributed by atoms with van der Waals surface area (Å²) >= 11 is 0. The molecule has 1 amide bonds. The minimum atomic E-state index is -1.30. The number of nitrogens with zero attached hydrogens (tertiary/aromatic N) is 5. The molecule has 5 atom stereocenters. The number of anilines is 1. The zero-order chi connectivity index (χ0) is 27.4. The maximum atomic E-state index is 11.2. The van der Waals surface area contributed by atoms with Crippen molar-refractivity contribution in [2.45, 2.75) is 37.0 Å². The average molecular weight is 525 g/mol. The molecule has 9 N–H and O–H groups in total. The van der Waals surface area contributed by atoms with Crippen molar-refractivity contribution in [2.24, 2.45) is 11.5 Å². The number of hydrogen-bond acceptors (Lipinski definition) is 11. The Bertz CT molecular complexity index is 1370. The van der Waals surface area contributed by atoms with Crippen molar-refractivity contribution in [3.05, 3.63) is 48.0 Å². The highest BCUT2D eigenvalue weighted by atomic mass is 16.6. The first-order chi connectivity index (χ1) is 18.2. The van der Waals surface area contributed by atoms with E-state index >= 15 is 0 Å². The van der Waals surface area contributed by atoms with Crippen molar-refractivity contribution in [1.29, 1.82) is 0 Å². The van der Waals surface area contributed by atoms with Gasteiger partial charge in [0, 0.05) is 24.2 Å². The predicted molar refractivity (Wildman–Crippen MR) is 134 cm³/mol. The van der Waals surface area contributed by atoms with Crippen molar-refractivity contribution >= 4 is 28.9 Å². The Hall–Kier alpha value is -4.13. The number of primary amides is 1. The van der Waals surface area contributed by atoms with E-state index in [2.05, 4.69) is 26.8 Å². The number of carboxylic acid groups (broad SMARTS) is 1.